The second kappa shape index (κ2) is 11.1. The second-order valence-electron chi connectivity index (χ2n) is 10.6. The number of aromatic nitrogens is 4. The first-order chi connectivity index (χ1) is 17.3. The minimum Gasteiger partial charge on any atom is -0.398 e. The van der Waals surface area contributed by atoms with E-state index in [1.165, 1.54) is 29.2 Å². The van der Waals surface area contributed by atoms with Crippen LogP contribution in [-0.2, 0) is 0 Å². The minimum absolute atomic E-state index is 0.236. The van der Waals surface area contributed by atoms with Crippen LogP contribution < -0.4 is 5.73 Å². The smallest absolute Gasteiger partial charge is 0.306 e. The molecule has 14 heteroatoms. The van der Waals surface area contributed by atoms with Gasteiger partial charge in [0, 0.05) is 25.9 Å². The molecule has 2 N–H and O–H groups in total. The van der Waals surface area contributed by atoms with Gasteiger partial charge >= 0.3 is 11.4 Å². The van der Waals surface area contributed by atoms with Crippen molar-refractivity contribution in [2.45, 2.75) is 63.7 Å². The molecule has 0 atom stereocenters. The van der Waals surface area contributed by atoms with E-state index in [9.17, 15) is 29.0 Å². The van der Waals surface area contributed by atoms with Gasteiger partial charge in [-0.2, -0.15) is 13.5 Å². The third-order valence-corrected chi connectivity index (χ3v) is 5.27. The van der Waals surface area contributed by atoms with Gasteiger partial charge in [0.15, 0.2) is 0 Å². The number of hydrogen-bond acceptors (Lipinski definition) is 8. The lowest BCUT2D eigenvalue weighted by atomic mass is 10.1. The lowest BCUT2D eigenvalue weighted by Gasteiger charge is -2.07. The largest absolute Gasteiger partial charge is 0.398 e. The van der Waals surface area contributed by atoms with E-state index in [1.807, 2.05) is 0 Å². The molecule has 0 aliphatic heterocycles. The van der Waals surface area contributed by atoms with Crippen molar-refractivity contribution in [3.05, 3.63) is 73.6 Å². The summed E-state index contributed by atoms with van der Waals surface area (Å²) < 4.78 is 28.1. The summed E-state index contributed by atoms with van der Waals surface area (Å²) in [5.41, 5.74) is 6.69. The van der Waals surface area contributed by atoms with Gasteiger partial charge in [-0.15, -0.1) is 5.10 Å². The molecule has 0 unspecified atom stereocenters. The summed E-state index contributed by atoms with van der Waals surface area (Å²) in [6.07, 6.45) is 5.21. The number of nitro groups is 2. The lowest BCUT2D eigenvalue weighted by Crippen LogP contribution is -2.10. The normalized spacial score (nSPS) is 14.6. The molecule has 0 bridgehead atoms. The fourth-order valence-corrected chi connectivity index (χ4v) is 3.38. The van der Waals surface area contributed by atoms with Crippen LogP contribution in [0.15, 0.2) is 30.6 Å². The van der Waals surface area contributed by atoms with Crippen LogP contribution in [0.5, 0.6) is 0 Å². The summed E-state index contributed by atoms with van der Waals surface area (Å²) in [6, 6.07) is 4.68. The van der Waals surface area contributed by atoms with E-state index in [1.54, 1.807) is 0 Å². The summed E-state index contributed by atoms with van der Waals surface area (Å²) in [7, 11) is -0.611. The molecule has 2 saturated carbocycles. The number of hydrogen-bond donors (Lipinski definition) is 1. The van der Waals surface area contributed by atoms with E-state index in [2.05, 4.69) is 41.7 Å². The quantitative estimate of drug-likeness (QED) is 0.188. The first-order valence-electron chi connectivity index (χ1n) is 11.7. The Kier molecular flexibility index (Phi) is 8.31. The van der Waals surface area contributed by atoms with Gasteiger partial charge in [-0.25, -0.2) is 0 Å². The average Bonchev–Trinajstić information content (AvgIpc) is 3.72. The summed E-state index contributed by atoms with van der Waals surface area (Å²) in [5.74, 6) is -1.09. The topological polar surface area (TPSA) is 156 Å². The number of halogens is 2. The maximum Gasteiger partial charge on any atom is 0.306 e. The molecule has 3 aromatic rings. The Labute approximate surface area is 213 Å². The van der Waals surface area contributed by atoms with E-state index in [4.69, 9.17) is 5.73 Å². The van der Waals surface area contributed by atoms with Crippen LogP contribution in [0.3, 0.4) is 0 Å². The van der Waals surface area contributed by atoms with Crippen molar-refractivity contribution in [3.63, 3.8) is 0 Å². The molecule has 1 aromatic heterocycles. The predicted octanol–water partition coefficient (Wildman–Crippen LogP) is 5.73. The fraction of sp³-hybridized carbons (Fsp3) is 0.435. The van der Waals surface area contributed by atoms with Crippen LogP contribution in [-0.4, -0.2) is 38.1 Å². The maximum absolute atomic E-state index is 13.6. The van der Waals surface area contributed by atoms with Crippen LogP contribution in [0.25, 0.3) is 5.69 Å². The molecule has 0 radical (unpaired) electrons. The van der Waals surface area contributed by atoms with Gasteiger partial charge in [0.25, 0.3) is 0 Å². The molecule has 0 amide bonds. The highest BCUT2D eigenvalue weighted by atomic mass is 28.3. The molecule has 37 heavy (non-hydrogen) atoms. The number of benzene rings is 2. The predicted molar refractivity (Wildman–Crippen MR) is 136 cm³/mol. The Hall–Kier alpha value is -3.81. The van der Waals surface area contributed by atoms with Gasteiger partial charge < -0.3 is 5.73 Å². The number of tetrazole rings is 1. The zero-order valence-corrected chi connectivity index (χ0v) is 22.0. The molecule has 11 nitrogen and oxygen atoms in total. The molecule has 198 valence electrons. The standard InChI is InChI=1S/C10H8FN5O2.C9H9FN2O2.C4H12Si/c11-8-3-7(6-1-2-6)9(4-10(8)16(17)18)15-5-12-13-14-15;10-7-3-6(5-1-2-5)8(11)4-9(7)12(13)14;1-5(2,3)4/h3-6H,1-2H2;3-5H,1-2,11H2;1-4H3. The van der Waals surface area contributed by atoms with Crippen LogP contribution in [0.4, 0.5) is 25.8 Å². The first-order valence-corrected chi connectivity index (χ1v) is 15.7. The molecule has 2 aliphatic carbocycles. The SMILES string of the molecule is C[Si](C)(C)C.Nc1cc([N+](=O)[O-])c(F)cc1C1CC1.O=[N+]([O-])c1cc(-n2cnnn2)c(C2CC2)cc1F. The summed E-state index contributed by atoms with van der Waals surface area (Å²) in [4.78, 5) is 19.6. The highest BCUT2D eigenvalue weighted by molar-refractivity contribution is 6.74. The van der Waals surface area contributed by atoms with E-state index in [0.29, 0.717) is 28.4 Å². The zero-order chi connectivity index (χ0) is 27.5. The molecular formula is C23H29F2N7O4Si. The van der Waals surface area contributed by atoms with Gasteiger partial charge in [-0.05, 0) is 71.2 Å². The van der Waals surface area contributed by atoms with Crippen molar-refractivity contribution in [2.24, 2.45) is 0 Å². The van der Waals surface area contributed by atoms with Crippen LogP contribution in [0, 0.1) is 31.9 Å². The summed E-state index contributed by atoms with van der Waals surface area (Å²) >= 11 is 0. The van der Waals surface area contributed by atoms with Gasteiger partial charge in [-0.1, -0.05) is 26.2 Å². The van der Waals surface area contributed by atoms with Crippen LogP contribution >= 0.6 is 0 Å². The molecule has 2 aliphatic rings. The van der Waals surface area contributed by atoms with Crippen molar-refractivity contribution in [1.29, 1.82) is 0 Å². The Balaban J connectivity index is 0.000000178. The van der Waals surface area contributed by atoms with Gasteiger partial charge in [-0.3, -0.25) is 20.2 Å². The molecule has 0 saturated heterocycles. The zero-order valence-electron chi connectivity index (χ0n) is 21.0. The average molecular weight is 534 g/mol. The highest BCUT2D eigenvalue weighted by Crippen LogP contribution is 2.45. The highest BCUT2D eigenvalue weighted by Gasteiger charge is 2.31. The Bertz CT molecular complexity index is 1290. The van der Waals surface area contributed by atoms with Crippen LogP contribution in [0.2, 0.25) is 26.2 Å². The van der Waals surface area contributed by atoms with Crippen LogP contribution in [0.1, 0.15) is 48.6 Å². The van der Waals surface area contributed by atoms with Crippen molar-refractivity contribution in [2.75, 3.05) is 5.73 Å². The third kappa shape index (κ3) is 7.83. The first kappa shape index (κ1) is 27.8. The van der Waals surface area contributed by atoms with Crippen molar-refractivity contribution in [1.82, 2.24) is 20.2 Å². The van der Waals surface area contributed by atoms with Crippen molar-refractivity contribution < 1.29 is 18.6 Å². The molecular weight excluding hydrogens is 504 g/mol. The fourth-order valence-electron chi connectivity index (χ4n) is 3.38. The van der Waals surface area contributed by atoms with E-state index in [0.717, 1.165) is 31.7 Å². The number of nitrogens with zero attached hydrogens (tertiary/aromatic N) is 6. The third-order valence-electron chi connectivity index (χ3n) is 5.27. The van der Waals surface area contributed by atoms with Gasteiger partial charge in [0.1, 0.15) is 6.33 Å². The minimum atomic E-state index is -0.821. The number of nitrogen functional groups attached to an aromatic ring is 1. The Morgan fingerprint density at radius 1 is 0.892 bits per heavy atom. The van der Waals surface area contributed by atoms with Gasteiger partial charge in [0.2, 0.25) is 11.6 Å². The number of anilines is 1. The molecule has 5 rings (SSSR count). The molecule has 1 heterocycles. The van der Waals surface area contributed by atoms with Crippen molar-refractivity contribution >= 4 is 25.1 Å². The molecule has 2 fully saturated rings. The van der Waals surface area contributed by atoms with E-state index >= 15 is 0 Å². The number of rotatable bonds is 5. The van der Waals surface area contributed by atoms with Crippen molar-refractivity contribution in [3.8, 4) is 5.69 Å². The van der Waals surface area contributed by atoms with E-state index in [-0.39, 0.29) is 5.92 Å². The second-order valence-corrected chi connectivity index (χ2v) is 16.6. The maximum atomic E-state index is 13.6. The summed E-state index contributed by atoms with van der Waals surface area (Å²) in [6.45, 7) is 9.31. The molecule has 2 aromatic carbocycles. The Morgan fingerprint density at radius 2 is 1.35 bits per heavy atom. The molecule has 0 spiro atoms. The monoisotopic (exact) mass is 533 g/mol. The van der Waals surface area contributed by atoms with E-state index < -0.39 is 40.9 Å². The Morgan fingerprint density at radius 3 is 1.78 bits per heavy atom. The number of nitrogens with two attached hydrogens (primary N) is 1. The lowest BCUT2D eigenvalue weighted by molar-refractivity contribution is -0.387. The summed E-state index contributed by atoms with van der Waals surface area (Å²) in [5, 5.41) is 31.8. The van der Waals surface area contributed by atoms with Gasteiger partial charge in [0.05, 0.1) is 15.5 Å². The number of nitro benzene ring substituents is 2.